The summed E-state index contributed by atoms with van der Waals surface area (Å²) < 4.78 is 0. The number of nitrogens with zero attached hydrogens (tertiary/aromatic N) is 2. The molecule has 14 heavy (non-hydrogen) atoms. The quantitative estimate of drug-likeness (QED) is 0.596. The third kappa shape index (κ3) is 2.14. The fourth-order valence-corrected chi connectivity index (χ4v) is 1.49. The monoisotopic (exact) mass is 232 g/mol. The highest BCUT2D eigenvalue weighted by molar-refractivity contribution is 6.35. The van der Waals surface area contributed by atoms with Crippen LogP contribution < -0.4 is 0 Å². The van der Waals surface area contributed by atoms with Crippen molar-refractivity contribution in [2.75, 3.05) is 0 Å². The maximum atomic E-state index is 9.47. The van der Waals surface area contributed by atoms with Gasteiger partial charge in [0.15, 0.2) is 6.10 Å². The van der Waals surface area contributed by atoms with Gasteiger partial charge in [0.25, 0.3) is 0 Å². The number of nitriles is 1. The zero-order valence-electron chi connectivity index (χ0n) is 6.85. The van der Waals surface area contributed by atoms with Gasteiger partial charge in [-0.3, -0.25) is 0 Å². The van der Waals surface area contributed by atoms with E-state index in [0.29, 0.717) is 0 Å². The number of aliphatic hydroxyl groups excluding tert-OH is 2. The molecule has 1 heterocycles. The Morgan fingerprint density at radius 3 is 2.57 bits per heavy atom. The highest BCUT2D eigenvalue weighted by Crippen LogP contribution is 2.30. The number of hydrogen-bond donors (Lipinski definition) is 2. The lowest BCUT2D eigenvalue weighted by Crippen LogP contribution is -2.16. The number of hydrogen-bond acceptors (Lipinski definition) is 4. The molecule has 1 aromatic heterocycles. The predicted octanol–water partition coefficient (Wildman–Crippen LogP) is 1.31. The first-order valence-corrected chi connectivity index (χ1v) is 4.39. The Kier molecular flexibility index (Phi) is 3.67. The minimum atomic E-state index is -1.57. The molecule has 0 radical (unpaired) electrons. The van der Waals surface area contributed by atoms with E-state index in [2.05, 4.69) is 4.98 Å². The van der Waals surface area contributed by atoms with Gasteiger partial charge in [-0.05, 0) is 6.07 Å². The molecule has 0 saturated heterocycles. The number of aliphatic hydroxyl groups is 2. The molecule has 1 aromatic rings. The van der Waals surface area contributed by atoms with Crippen molar-refractivity contribution in [3.05, 3.63) is 28.0 Å². The van der Waals surface area contributed by atoms with Crippen LogP contribution in [-0.4, -0.2) is 21.3 Å². The second-order valence-electron chi connectivity index (χ2n) is 2.52. The van der Waals surface area contributed by atoms with E-state index in [9.17, 15) is 5.11 Å². The van der Waals surface area contributed by atoms with Crippen LogP contribution in [0, 0.1) is 11.3 Å². The molecule has 0 saturated carbocycles. The van der Waals surface area contributed by atoms with Gasteiger partial charge in [0.2, 0.25) is 0 Å². The second kappa shape index (κ2) is 4.58. The summed E-state index contributed by atoms with van der Waals surface area (Å²) in [5.74, 6) is 0. The molecule has 74 valence electrons. The van der Waals surface area contributed by atoms with E-state index in [-0.39, 0.29) is 15.7 Å². The van der Waals surface area contributed by atoms with E-state index < -0.39 is 12.2 Å². The normalized spacial score (nSPS) is 14.5. The van der Waals surface area contributed by atoms with E-state index in [1.165, 1.54) is 18.3 Å². The topological polar surface area (TPSA) is 77.1 Å². The summed E-state index contributed by atoms with van der Waals surface area (Å²) in [5.41, 5.74) is 0.0601. The molecular formula is C8H6Cl2N2O2. The van der Waals surface area contributed by atoms with Crippen molar-refractivity contribution in [2.24, 2.45) is 0 Å². The number of pyridine rings is 1. The van der Waals surface area contributed by atoms with E-state index in [4.69, 9.17) is 33.6 Å². The Bertz CT molecular complexity index is 358. The largest absolute Gasteiger partial charge is 0.384 e. The van der Waals surface area contributed by atoms with Crippen molar-refractivity contribution in [3.63, 3.8) is 0 Å². The molecule has 2 unspecified atom stereocenters. The van der Waals surface area contributed by atoms with Crippen LogP contribution in [0.5, 0.6) is 0 Å². The van der Waals surface area contributed by atoms with Gasteiger partial charge < -0.3 is 10.2 Å². The molecule has 0 spiro atoms. The smallest absolute Gasteiger partial charge is 0.170 e. The van der Waals surface area contributed by atoms with Crippen molar-refractivity contribution in [2.45, 2.75) is 12.2 Å². The third-order valence-corrected chi connectivity index (χ3v) is 2.25. The molecule has 2 atom stereocenters. The summed E-state index contributed by atoms with van der Waals surface area (Å²) in [6.07, 6.45) is -1.66. The third-order valence-electron chi connectivity index (χ3n) is 1.62. The minimum Gasteiger partial charge on any atom is -0.384 e. The highest BCUT2D eigenvalue weighted by atomic mass is 35.5. The number of rotatable bonds is 2. The summed E-state index contributed by atoms with van der Waals surface area (Å²) in [6.45, 7) is 0. The molecule has 0 aliphatic heterocycles. The van der Waals surface area contributed by atoms with Crippen molar-refractivity contribution >= 4 is 23.2 Å². The van der Waals surface area contributed by atoms with Crippen LogP contribution in [0.4, 0.5) is 0 Å². The maximum absolute atomic E-state index is 9.47. The fourth-order valence-electron chi connectivity index (χ4n) is 0.918. The summed E-state index contributed by atoms with van der Waals surface area (Å²) in [7, 11) is 0. The predicted molar refractivity (Wildman–Crippen MR) is 50.8 cm³/mol. The Balaban J connectivity index is 3.13. The zero-order valence-corrected chi connectivity index (χ0v) is 8.37. The lowest BCUT2D eigenvalue weighted by molar-refractivity contribution is 0.0527. The number of halogens is 2. The van der Waals surface area contributed by atoms with Gasteiger partial charge in [-0.1, -0.05) is 23.2 Å². The van der Waals surface area contributed by atoms with E-state index >= 15 is 0 Å². The first kappa shape index (κ1) is 11.2. The van der Waals surface area contributed by atoms with E-state index in [1.807, 2.05) is 0 Å². The summed E-state index contributed by atoms with van der Waals surface area (Å²) in [5, 5.41) is 27.1. The Morgan fingerprint density at radius 2 is 2.07 bits per heavy atom. The van der Waals surface area contributed by atoms with Crippen LogP contribution in [0.2, 0.25) is 10.2 Å². The molecule has 4 nitrogen and oxygen atoms in total. The van der Waals surface area contributed by atoms with Crippen molar-refractivity contribution in [3.8, 4) is 6.07 Å². The Morgan fingerprint density at radius 1 is 1.43 bits per heavy atom. The average Bonchev–Trinajstić information content (AvgIpc) is 2.16. The maximum Gasteiger partial charge on any atom is 0.170 e. The molecular weight excluding hydrogens is 227 g/mol. The van der Waals surface area contributed by atoms with Gasteiger partial charge >= 0.3 is 0 Å². The summed E-state index contributed by atoms with van der Waals surface area (Å²) in [6, 6.07) is 2.89. The Labute approximate surface area is 90.3 Å². The van der Waals surface area contributed by atoms with Crippen molar-refractivity contribution in [1.29, 1.82) is 5.26 Å². The number of aromatic nitrogens is 1. The van der Waals surface area contributed by atoms with Crippen LogP contribution in [0.15, 0.2) is 12.3 Å². The van der Waals surface area contributed by atoms with Crippen LogP contribution >= 0.6 is 23.2 Å². The second-order valence-corrected chi connectivity index (χ2v) is 3.28. The minimum absolute atomic E-state index is 0.0284. The molecule has 0 aromatic carbocycles. The lowest BCUT2D eigenvalue weighted by atomic mass is 10.1. The van der Waals surface area contributed by atoms with Gasteiger partial charge in [-0.25, -0.2) is 4.98 Å². The van der Waals surface area contributed by atoms with Gasteiger partial charge in [0, 0.05) is 11.8 Å². The molecule has 2 N–H and O–H groups in total. The van der Waals surface area contributed by atoms with Crippen LogP contribution in [0.1, 0.15) is 11.7 Å². The summed E-state index contributed by atoms with van der Waals surface area (Å²) in [4.78, 5) is 3.68. The standard InChI is InChI=1S/C8H6Cl2N2O2/c9-4-1-2-12-8(10)6(4)7(14)5(13)3-11/h1-2,5,7,13-14H. The fraction of sp³-hybridized carbons (Fsp3) is 0.250. The van der Waals surface area contributed by atoms with Crippen LogP contribution in [0.3, 0.4) is 0 Å². The molecule has 6 heteroatoms. The summed E-state index contributed by atoms with van der Waals surface area (Å²) >= 11 is 11.4. The van der Waals surface area contributed by atoms with E-state index in [0.717, 1.165) is 0 Å². The highest BCUT2D eigenvalue weighted by Gasteiger charge is 2.23. The zero-order chi connectivity index (χ0) is 10.7. The molecule has 0 aliphatic rings. The SMILES string of the molecule is N#CC(O)C(O)c1c(Cl)ccnc1Cl. The van der Waals surface area contributed by atoms with Crippen molar-refractivity contribution in [1.82, 2.24) is 4.98 Å². The van der Waals surface area contributed by atoms with Crippen LogP contribution in [0.25, 0.3) is 0 Å². The molecule has 0 amide bonds. The molecule has 1 rings (SSSR count). The van der Waals surface area contributed by atoms with Gasteiger partial charge in [0.1, 0.15) is 11.3 Å². The van der Waals surface area contributed by atoms with Gasteiger partial charge in [-0.15, -0.1) is 0 Å². The first-order valence-electron chi connectivity index (χ1n) is 3.63. The van der Waals surface area contributed by atoms with Gasteiger partial charge in [0.05, 0.1) is 11.1 Å². The van der Waals surface area contributed by atoms with Crippen LogP contribution in [-0.2, 0) is 0 Å². The first-order chi connectivity index (χ1) is 6.57. The molecule has 0 bridgehead atoms. The Hall–Kier alpha value is -0.860. The molecule has 0 fully saturated rings. The average molecular weight is 233 g/mol. The molecule has 0 aliphatic carbocycles. The lowest BCUT2D eigenvalue weighted by Gasteiger charge is -2.14. The van der Waals surface area contributed by atoms with Gasteiger partial charge in [-0.2, -0.15) is 5.26 Å². The van der Waals surface area contributed by atoms with Crippen molar-refractivity contribution < 1.29 is 10.2 Å². The van der Waals surface area contributed by atoms with E-state index in [1.54, 1.807) is 0 Å².